The third kappa shape index (κ3) is 1.97. The molecule has 1 amide bonds. The molecule has 4 rings (SSSR count). The van der Waals surface area contributed by atoms with Crippen molar-refractivity contribution in [3.05, 3.63) is 20.1 Å². The van der Waals surface area contributed by atoms with Gasteiger partial charge >= 0.3 is 0 Å². The summed E-state index contributed by atoms with van der Waals surface area (Å²) in [5, 5.41) is 21.1. The quantitative estimate of drug-likeness (QED) is 0.634. The van der Waals surface area contributed by atoms with E-state index in [2.05, 4.69) is 31.9 Å². The number of piperidine rings is 1. The number of halogens is 2. The van der Waals surface area contributed by atoms with Crippen LogP contribution in [0.5, 0.6) is 11.5 Å². The summed E-state index contributed by atoms with van der Waals surface area (Å²) in [7, 11) is 0. The number of ketones is 1. The SMILES string of the molecule is O=CN1CCC23CC(=O)CCC2C1Cc1c(Br)c(O)c(Br)c(O)c13. The van der Waals surface area contributed by atoms with Crippen molar-refractivity contribution in [2.75, 3.05) is 6.54 Å². The van der Waals surface area contributed by atoms with E-state index < -0.39 is 5.41 Å². The molecule has 0 aromatic heterocycles. The summed E-state index contributed by atoms with van der Waals surface area (Å²) >= 11 is 6.72. The molecule has 1 aromatic rings. The van der Waals surface area contributed by atoms with Crippen LogP contribution in [0.1, 0.15) is 36.8 Å². The van der Waals surface area contributed by atoms with E-state index in [0.717, 1.165) is 24.0 Å². The zero-order valence-corrected chi connectivity index (χ0v) is 16.1. The summed E-state index contributed by atoms with van der Waals surface area (Å²) in [6, 6.07) is 0.00752. The molecule has 7 heteroatoms. The molecular formula is C17H17Br2NO4. The normalized spacial score (nSPS) is 31.4. The van der Waals surface area contributed by atoms with E-state index in [4.69, 9.17) is 0 Å². The van der Waals surface area contributed by atoms with Gasteiger partial charge in [0.05, 0.1) is 4.47 Å². The summed E-state index contributed by atoms with van der Waals surface area (Å²) in [4.78, 5) is 25.6. The van der Waals surface area contributed by atoms with Gasteiger partial charge in [-0.2, -0.15) is 0 Å². The van der Waals surface area contributed by atoms with E-state index in [1.807, 2.05) is 4.90 Å². The second kappa shape index (κ2) is 5.46. The lowest BCUT2D eigenvalue weighted by Crippen LogP contribution is -2.61. The van der Waals surface area contributed by atoms with Crippen molar-refractivity contribution < 1.29 is 19.8 Å². The van der Waals surface area contributed by atoms with Crippen LogP contribution in [0.15, 0.2) is 8.95 Å². The molecule has 1 aliphatic heterocycles. The number of amides is 1. The molecule has 2 N–H and O–H groups in total. The van der Waals surface area contributed by atoms with Crippen LogP contribution in [0.3, 0.4) is 0 Å². The van der Waals surface area contributed by atoms with E-state index in [0.29, 0.717) is 36.7 Å². The first-order chi connectivity index (χ1) is 11.4. The molecule has 1 aromatic carbocycles. The minimum atomic E-state index is -0.448. The Labute approximate surface area is 156 Å². The molecule has 5 nitrogen and oxygen atoms in total. The number of fused-ring (bicyclic) bond motifs is 1. The van der Waals surface area contributed by atoms with Crippen LogP contribution < -0.4 is 0 Å². The monoisotopic (exact) mass is 457 g/mol. The van der Waals surface area contributed by atoms with Crippen molar-refractivity contribution in [3.63, 3.8) is 0 Å². The summed E-state index contributed by atoms with van der Waals surface area (Å²) in [5.41, 5.74) is 1.14. The number of aromatic hydroxyl groups is 2. The molecule has 3 unspecified atom stereocenters. The molecule has 3 atom stereocenters. The smallest absolute Gasteiger partial charge is 0.209 e. The zero-order chi connectivity index (χ0) is 17.2. The van der Waals surface area contributed by atoms with Crippen LogP contribution in [0.25, 0.3) is 0 Å². The Bertz CT molecular complexity index is 766. The number of Topliss-reactive ketones (excluding diaryl/α,β-unsaturated/α-hetero) is 1. The summed E-state index contributed by atoms with van der Waals surface area (Å²) < 4.78 is 0.798. The van der Waals surface area contributed by atoms with Crippen LogP contribution in [-0.2, 0) is 21.4 Å². The fraction of sp³-hybridized carbons (Fsp3) is 0.529. The van der Waals surface area contributed by atoms with Crippen LogP contribution in [0, 0.1) is 5.92 Å². The second-order valence-electron chi connectivity index (χ2n) is 7.06. The van der Waals surface area contributed by atoms with E-state index in [1.54, 1.807) is 0 Å². The average molecular weight is 459 g/mol. The lowest BCUT2D eigenvalue weighted by molar-refractivity contribution is -0.132. The van der Waals surface area contributed by atoms with Crippen molar-refractivity contribution in [2.24, 2.45) is 5.92 Å². The number of nitrogens with zero attached hydrogens (tertiary/aromatic N) is 1. The fourth-order valence-electron chi connectivity index (χ4n) is 5.16. The maximum absolute atomic E-state index is 12.3. The van der Waals surface area contributed by atoms with Crippen LogP contribution >= 0.6 is 31.9 Å². The van der Waals surface area contributed by atoms with E-state index in [-0.39, 0.29) is 33.7 Å². The van der Waals surface area contributed by atoms with E-state index in [9.17, 15) is 19.8 Å². The van der Waals surface area contributed by atoms with Gasteiger partial charge in [-0.05, 0) is 62.6 Å². The molecule has 2 fully saturated rings. The van der Waals surface area contributed by atoms with Crippen molar-refractivity contribution in [2.45, 2.75) is 43.6 Å². The van der Waals surface area contributed by atoms with Crippen molar-refractivity contribution in [3.8, 4) is 11.5 Å². The molecule has 3 aliphatic rings. The molecule has 24 heavy (non-hydrogen) atoms. The van der Waals surface area contributed by atoms with Gasteiger partial charge in [-0.25, -0.2) is 0 Å². The molecule has 2 bridgehead atoms. The van der Waals surface area contributed by atoms with Gasteiger partial charge in [-0.15, -0.1) is 0 Å². The lowest BCUT2D eigenvalue weighted by Gasteiger charge is -2.58. The Balaban J connectivity index is 2.02. The predicted octanol–water partition coefficient (Wildman–Crippen LogP) is 3.02. The van der Waals surface area contributed by atoms with Crippen molar-refractivity contribution in [1.82, 2.24) is 4.90 Å². The molecule has 1 heterocycles. The number of benzene rings is 1. The van der Waals surface area contributed by atoms with Gasteiger partial charge in [0.15, 0.2) is 0 Å². The number of carbonyl (C=O) groups excluding carboxylic acids is 2. The van der Waals surface area contributed by atoms with E-state index in [1.165, 1.54) is 0 Å². The molecular weight excluding hydrogens is 442 g/mol. The van der Waals surface area contributed by atoms with E-state index >= 15 is 0 Å². The van der Waals surface area contributed by atoms with Crippen LogP contribution in [0.4, 0.5) is 0 Å². The standard InChI is InChI=1S/C17H17Br2NO4/c18-13-9-5-11-10-2-1-8(22)6-17(10,3-4-20(11)7-21)12(9)15(23)14(19)16(13)24/h7,10-11,23-24H,1-6H2. The topological polar surface area (TPSA) is 77.8 Å². The van der Waals surface area contributed by atoms with Gasteiger partial charge in [-0.3, -0.25) is 9.59 Å². The molecule has 1 saturated carbocycles. The van der Waals surface area contributed by atoms with Crippen molar-refractivity contribution >= 4 is 44.1 Å². The first kappa shape index (κ1) is 16.4. The molecule has 2 aliphatic carbocycles. The number of phenolic OH excluding ortho intramolecular Hbond substituents is 2. The third-order valence-corrected chi connectivity index (χ3v) is 7.74. The summed E-state index contributed by atoms with van der Waals surface area (Å²) in [6.45, 7) is 0.590. The Morgan fingerprint density at radius 1 is 1.21 bits per heavy atom. The molecule has 0 spiro atoms. The first-order valence-corrected chi connectivity index (χ1v) is 9.64. The Hall–Kier alpha value is -1.08. The second-order valence-corrected chi connectivity index (χ2v) is 8.65. The third-order valence-electron chi connectivity index (χ3n) is 6.14. The highest BCUT2D eigenvalue weighted by Crippen LogP contribution is 2.60. The van der Waals surface area contributed by atoms with Crippen LogP contribution in [-0.4, -0.2) is 39.9 Å². The number of hydrogen-bond acceptors (Lipinski definition) is 4. The minimum Gasteiger partial charge on any atom is -0.506 e. The van der Waals surface area contributed by atoms with Gasteiger partial charge in [-0.1, -0.05) is 0 Å². The molecule has 1 saturated heterocycles. The average Bonchev–Trinajstić information content (AvgIpc) is 2.57. The number of carbonyl (C=O) groups is 2. The fourth-order valence-corrected chi connectivity index (χ4v) is 6.39. The Kier molecular flexibility index (Phi) is 3.73. The summed E-state index contributed by atoms with van der Waals surface area (Å²) in [5.74, 6) is 0.357. The van der Waals surface area contributed by atoms with Gasteiger partial charge < -0.3 is 15.1 Å². The summed E-state index contributed by atoms with van der Waals surface area (Å²) in [6.07, 6.45) is 3.79. The lowest BCUT2D eigenvalue weighted by atomic mass is 9.52. The van der Waals surface area contributed by atoms with Gasteiger partial charge in [0.2, 0.25) is 6.41 Å². The molecule has 0 radical (unpaired) electrons. The maximum Gasteiger partial charge on any atom is 0.209 e. The van der Waals surface area contributed by atoms with Gasteiger partial charge in [0, 0.05) is 36.4 Å². The Morgan fingerprint density at radius 2 is 1.96 bits per heavy atom. The predicted molar refractivity (Wildman–Crippen MR) is 94.1 cm³/mol. The molecule has 128 valence electrons. The first-order valence-electron chi connectivity index (χ1n) is 8.05. The van der Waals surface area contributed by atoms with Gasteiger partial charge in [0.25, 0.3) is 0 Å². The van der Waals surface area contributed by atoms with Gasteiger partial charge in [0.1, 0.15) is 21.8 Å². The Morgan fingerprint density at radius 3 is 2.67 bits per heavy atom. The highest BCUT2D eigenvalue weighted by Gasteiger charge is 2.57. The van der Waals surface area contributed by atoms with Crippen LogP contribution in [0.2, 0.25) is 0 Å². The minimum absolute atomic E-state index is 0.00752. The number of likely N-dealkylation sites (tertiary alicyclic amines) is 1. The largest absolute Gasteiger partial charge is 0.506 e. The maximum atomic E-state index is 12.3. The zero-order valence-electron chi connectivity index (χ0n) is 12.9. The number of hydrogen-bond donors (Lipinski definition) is 2. The van der Waals surface area contributed by atoms with Crippen molar-refractivity contribution in [1.29, 1.82) is 0 Å². The number of rotatable bonds is 1. The highest BCUT2D eigenvalue weighted by atomic mass is 79.9. The number of phenols is 2. The highest BCUT2D eigenvalue weighted by molar-refractivity contribution is 9.11.